The Morgan fingerprint density at radius 2 is 2.24 bits per heavy atom. The summed E-state index contributed by atoms with van der Waals surface area (Å²) in [4.78, 5) is 11.3. The quantitative estimate of drug-likeness (QED) is 0.831. The Labute approximate surface area is 122 Å². The molecule has 21 heavy (non-hydrogen) atoms. The monoisotopic (exact) mass is 310 g/mol. The third-order valence-corrected chi connectivity index (χ3v) is 5.05. The molecule has 0 bridgehead atoms. The summed E-state index contributed by atoms with van der Waals surface area (Å²) in [5, 5.41) is 18.1. The van der Waals surface area contributed by atoms with E-state index in [1.807, 2.05) is 6.07 Å². The highest BCUT2D eigenvalue weighted by molar-refractivity contribution is 7.89. The van der Waals surface area contributed by atoms with E-state index in [4.69, 9.17) is 10.00 Å². The lowest BCUT2D eigenvalue weighted by molar-refractivity contribution is -0.144. The summed E-state index contributed by atoms with van der Waals surface area (Å²) in [6.07, 6.45) is 0.0664. The number of nitrogens with one attached hydrogen (secondary N) is 1. The van der Waals surface area contributed by atoms with Gasteiger partial charge in [0.15, 0.2) is 5.54 Å². The first-order valence-electron chi connectivity index (χ1n) is 6.17. The molecule has 7 nitrogen and oxygen atoms in total. The molecule has 0 saturated carbocycles. The van der Waals surface area contributed by atoms with Crippen LogP contribution < -0.4 is 4.72 Å². The molecule has 1 aromatic rings. The van der Waals surface area contributed by atoms with Crippen molar-refractivity contribution >= 4 is 16.0 Å². The first-order valence-corrected chi connectivity index (χ1v) is 7.65. The second kappa shape index (κ2) is 5.44. The Kier molecular flexibility index (Phi) is 4.00. The van der Waals surface area contributed by atoms with Crippen molar-refractivity contribution in [3.05, 3.63) is 29.3 Å². The number of carbonyl (C=O) groups is 1. The van der Waals surface area contributed by atoms with E-state index in [0.717, 1.165) is 0 Å². The molecule has 1 atom stereocenters. The third kappa shape index (κ3) is 2.90. The van der Waals surface area contributed by atoms with Crippen LogP contribution in [0.15, 0.2) is 23.1 Å². The zero-order valence-electron chi connectivity index (χ0n) is 11.3. The molecule has 1 unspecified atom stereocenters. The van der Waals surface area contributed by atoms with E-state index in [2.05, 4.69) is 4.72 Å². The number of carboxylic acid groups (broad SMARTS) is 1. The van der Waals surface area contributed by atoms with Crippen molar-refractivity contribution in [1.82, 2.24) is 4.72 Å². The molecule has 1 aromatic carbocycles. The van der Waals surface area contributed by atoms with Crippen LogP contribution in [0, 0.1) is 18.3 Å². The number of hydrogen-bond donors (Lipinski definition) is 2. The number of sulfonamides is 1. The average Bonchev–Trinajstić information content (AvgIpc) is 2.87. The summed E-state index contributed by atoms with van der Waals surface area (Å²) in [6, 6.07) is 6.02. The van der Waals surface area contributed by atoms with Gasteiger partial charge in [0.2, 0.25) is 10.0 Å². The Morgan fingerprint density at radius 3 is 2.71 bits per heavy atom. The van der Waals surface area contributed by atoms with Crippen molar-refractivity contribution in [2.75, 3.05) is 13.2 Å². The van der Waals surface area contributed by atoms with Gasteiger partial charge in [0, 0.05) is 13.0 Å². The van der Waals surface area contributed by atoms with Crippen molar-refractivity contribution in [3.8, 4) is 6.07 Å². The predicted molar refractivity (Wildman–Crippen MR) is 72.0 cm³/mol. The largest absolute Gasteiger partial charge is 0.480 e. The number of hydrogen-bond acceptors (Lipinski definition) is 5. The molecule has 0 aliphatic carbocycles. The van der Waals surface area contributed by atoms with Crippen LogP contribution in [0.25, 0.3) is 0 Å². The first-order chi connectivity index (χ1) is 9.81. The maximum Gasteiger partial charge on any atom is 0.327 e. The van der Waals surface area contributed by atoms with Gasteiger partial charge in [-0.3, -0.25) is 4.79 Å². The van der Waals surface area contributed by atoms with Crippen LogP contribution in [-0.4, -0.2) is 38.2 Å². The third-order valence-electron chi connectivity index (χ3n) is 3.35. The molecule has 1 fully saturated rings. The van der Waals surface area contributed by atoms with Gasteiger partial charge in [-0.2, -0.15) is 9.98 Å². The van der Waals surface area contributed by atoms with E-state index in [1.54, 1.807) is 6.92 Å². The highest BCUT2D eigenvalue weighted by Gasteiger charge is 2.46. The van der Waals surface area contributed by atoms with E-state index in [9.17, 15) is 18.3 Å². The summed E-state index contributed by atoms with van der Waals surface area (Å²) in [5.74, 6) is -1.27. The molecule has 1 heterocycles. The van der Waals surface area contributed by atoms with Gasteiger partial charge in [-0.05, 0) is 30.7 Å². The fourth-order valence-electron chi connectivity index (χ4n) is 2.19. The Hall–Kier alpha value is -1.95. The predicted octanol–water partition coefficient (Wildman–Crippen LogP) is 0.389. The molecule has 112 valence electrons. The van der Waals surface area contributed by atoms with Crippen molar-refractivity contribution < 1.29 is 23.1 Å². The van der Waals surface area contributed by atoms with Gasteiger partial charge in [0.05, 0.1) is 23.1 Å². The molecule has 1 aliphatic rings. The van der Waals surface area contributed by atoms with E-state index < -0.39 is 21.5 Å². The zero-order valence-corrected chi connectivity index (χ0v) is 12.1. The van der Waals surface area contributed by atoms with Gasteiger partial charge in [-0.15, -0.1) is 0 Å². The smallest absolute Gasteiger partial charge is 0.327 e. The van der Waals surface area contributed by atoms with Crippen molar-refractivity contribution in [2.45, 2.75) is 23.8 Å². The summed E-state index contributed by atoms with van der Waals surface area (Å²) >= 11 is 0. The van der Waals surface area contributed by atoms with Crippen molar-refractivity contribution in [1.29, 1.82) is 5.26 Å². The molecule has 0 aromatic heterocycles. The number of aryl methyl sites for hydroxylation is 1. The molecule has 1 saturated heterocycles. The number of benzene rings is 1. The van der Waals surface area contributed by atoms with Gasteiger partial charge in [-0.25, -0.2) is 8.42 Å². The van der Waals surface area contributed by atoms with Gasteiger partial charge in [0.25, 0.3) is 0 Å². The van der Waals surface area contributed by atoms with E-state index in [-0.39, 0.29) is 24.5 Å². The van der Waals surface area contributed by atoms with Crippen LogP contribution in [0.1, 0.15) is 17.5 Å². The number of aliphatic carboxylic acids is 1. The zero-order chi connectivity index (χ0) is 15.7. The normalized spacial score (nSPS) is 21.9. The van der Waals surface area contributed by atoms with Crippen LogP contribution in [0.4, 0.5) is 0 Å². The maximum absolute atomic E-state index is 12.4. The first kappa shape index (κ1) is 15.4. The standard InChI is InChI=1S/C13H14N2O5S/c1-9-6-10(7-14)2-3-11(9)21(18,19)15-13(12(16)17)4-5-20-8-13/h2-3,6,15H,4-5,8H2,1H3,(H,16,17). The summed E-state index contributed by atoms with van der Waals surface area (Å²) in [6.45, 7) is 1.52. The fraction of sp³-hybridized carbons (Fsp3) is 0.385. The second-order valence-electron chi connectivity index (χ2n) is 4.89. The lowest BCUT2D eigenvalue weighted by Gasteiger charge is -2.23. The Morgan fingerprint density at radius 1 is 1.52 bits per heavy atom. The number of carboxylic acids is 1. The molecule has 0 spiro atoms. The molecule has 0 radical (unpaired) electrons. The highest BCUT2D eigenvalue weighted by Crippen LogP contribution is 2.24. The van der Waals surface area contributed by atoms with Crippen LogP contribution in [0.2, 0.25) is 0 Å². The topological polar surface area (TPSA) is 116 Å². The Balaban J connectivity index is 2.39. The lowest BCUT2D eigenvalue weighted by Crippen LogP contribution is -2.55. The second-order valence-corrected chi connectivity index (χ2v) is 6.54. The molecule has 1 aliphatic heterocycles. The van der Waals surface area contributed by atoms with Gasteiger partial charge >= 0.3 is 5.97 Å². The molecular formula is C13H14N2O5S. The number of rotatable bonds is 4. The van der Waals surface area contributed by atoms with Crippen LogP contribution in [0.5, 0.6) is 0 Å². The van der Waals surface area contributed by atoms with Crippen molar-refractivity contribution in [2.24, 2.45) is 0 Å². The number of nitrogens with zero attached hydrogens (tertiary/aromatic N) is 1. The van der Waals surface area contributed by atoms with Gasteiger partial charge < -0.3 is 9.84 Å². The SMILES string of the molecule is Cc1cc(C#N)ccc1S(=O)(=O)NC1(C(=O)O)CCOC1. The summed E-state index contributed by atoms with van der Waals surface area (Å²) in [5.41, 5.74) is -0.927. The molecule has 8 heteroatoms. The van der Waals surface area contributed by atoms with Crippen molar-refractivity contribution in [3.63, 3.8) is 0 Å². The molecule has 0 amide bonds. The minimum Gasteiger partial charge on any atom is -0.480 e. The van der Waals surface area contributed by atoms with Gasteiger partial charge in [-0.1, -0.05) is 0 Å². The molecular weight excluding hydrogens is 296 g/mol. The Bertz CT molecular complexity index is 715. The van der Waals surface area contributed by atoms with Crippen LogP contribution >= 0.6 is 0 Å². The maximum atomic E-state index is 12.4. The minimum absolute atomic E-state index is 0.0472. The minimum atomic E-state index is -4.02. The van der Waals surface area contributed by atoms with E-state index in [1.165, 1.54) is 18.2 Å². The number of ether oxygens (including phenoxy) is 1. The number of nitriles is 1. The van der Waals surface area contributed by atoms with E-state index >= 15 is 0 Å². The van der Waals surface area contributed by atoms with E-state index in [0.29, 0.717) is 11.1 Å². The molecule has 2 rings (SSSR count). The van der Waals surface area contributed by atoms with Crippen LogP contribution in [0.3, 0.4) is 0 Å². The fourth-order valence-corrected chi connectivity index (χ4v) is 3.79. The van der Waals surface area contributed by atoms with Crippen LogP contribution in [-0.2, 0) is 19.6 Å². The average molecular weight is 310 g/mol. The highest BCUT2D eigenvalue weighted by atomic mass is 32.2. The lowest BCUT2D eigenvalue weighted by atomic mass is 10.0. The van der Waals surface area contributed by atoms with Gasteiger partial charge in [0.1, 0.15) is 0 Å². The summed E-state index contributed by atoms with van der Waals surface area (Å²) < 4.78 is 32.1. The molecule has 2 N–H and O–H groups in total. The summed E-state index contributed by atoms with van der Waals surface area (Å²) in [7, 11) is -4.02.